The maximum Gasteiger partial charge on any atom is 0.242 e. The van der Waals surface area contributed by atoms with Crippen LogP contribution in [0.3, 0.4) is 0 Å². The zero-order chi connectivity index (χ0) is 17.2. The largest absolute Gasteiger partial charge is 0.381 e. The van der Waals surface area contributed by atoms with Gasteiger partial charge >= 0.3 is 0 Å². The Morgan fingerprint density at radius 2 is 2.00 bits per heavy atom. The fourth-order valence-electron chi connectivity index (χ4n) is 4.81. The third-order valence-corrected chi connectivity index (χ3v) is 6.19. The number of rotatable bonds is 4. The van der Waals surface area contributed by atoms with Crippen LogP contribution in [0.4, 0.5) is 0 Å². The summed E-state index contributed by atoms with van der Waals surface area (Å²) in [5.41, 5.74) is 0. The Bertz CT molecular complexity index is 596. The Morgan fingerprint density at radius 3 is 2.80 bits per heavy atom. The van der Waals surface area contributed by atoms with Crippen molar-refractivity contribution in [3.63, 3.8) is 0 Å². The van der Waals surface area contributed by atoms with E-state index in [1.165, 1.54) is 6.42 Å². The van der Waals surface area contributed by atoms with Crippen molar-refractivity contribution in [2.75, 3.05) is 32.8 Å². The number of imidazole rings is 1. The Balaban J connectivity index is 1.44. The molecule has 4 aliphatic heterocycles. The van der Waals surface area contributed by atoms with Crippen molar-refractivity contribution in [3.05, 3.63) is 18.2 Å². The second-order valence-electron chi connectivity index (χ2n) is 7.77. The van der Waals surface area contributed by atoms with E-state index < -0.39 is 0 Å². The Morgan fingerprint density at radius 1 is 1.16 bits per heavy atom. The molecule has 1 aromatic rings. The van der Waals surface area contributed by atoms with Crippen molar-refractivity contribution >= 4 is 5.91 Å². The zero-order valence-corrected chi connectivity index (χ0v) is 15.3. The predicted octanol–water partition coefficient (Wildman–Crippen LogP) is 1.55. The van der Waals surface area contributed by atoms with Crippen molar-refractivity contribution in [2.45, 2.75) is 57.7 Å². The molecule has 1 amide bonds. The SMILES string of the molecule is CCc1nccn1CC(=O)N1C[C@H]2CC[C@@H]1CN(C1CCOCC1)C2. The lowest BCUT2D eigenvalue weighted by Gasteiger charge is -2.37. The normalized spacial score (nSPS) is 28.3. The van der Waals surface area contributed by atoms with Crippen LogP contribution in [-0.2, 0) is 22.5 Å². The van der Waals surface area contributed by atoms with E-state index in [1.807, 2.05) is 10.8 Å². The van der Waals surface area contributed by atoms with Gasteiger partial charge in [-0.05, 0) is 31.6 Å². The molecule has 0 spiro atoms. The van der Waals surface area contributed by atoms with Gasteiger partial charge in [-0.1, -0.05) is 6.92 Å². The first-order valence-electron chi connectivity index (χ1n) is 9.86. The summed E-state index contributed by atoms with van der Waals surface area (Å²) < 4.78 is 7.54. The van der Waals surface area contributed by atoms with Gasteiger partial charge in [0.05, 0.1) is 0 Å². The summed E-state index contributed by atoms with van der Waals surface area (Å²) in [5.74, 6) is 1.88. The van der Waals surface area contributed by atoms with Gasteiger partial charge in [-0.3, -0.25) is 9.69 Å². The van der Waals surface area contributed by atoms with E-state index in [-0.39, 0.29) is 5.91 Å². The fraction of sp³-hybridized carbons (Fsp3) is 0.789. The molecule has 6 heteroatoms. The monoisotopic (exact) mass is 346 g/mol. The lowest BCUT2D eigenvalue weighted by Crippen LogP contribution is -2.49. The highest BCUT2D eigenvalue weighted by molar-refractivity contribution is 5.76. The molecular weight excluding hydrogens is 316 g/mol. The molecule has 6 nitrogen and oxygen atoms in total. The Kier molecular flexibility index (Phi) is 5.08. The molecule has 138 valence electrons. The molecule has 5 heterocycles. The molecule has 0 radical (unpaired) electrons. The molecule has 4 aliphatic rings. The van der Waals surface area contributed by atoms with Crippen LogP contribution in [0.25, 0.3) is 0 Å². The number of hydrogen-bond acceptors (Lipinski definition) is 4. The predicted molar refractivity (Wildman–Crippen MR) is 95.2 cm³/mol. The molecule has 25 heavy (non-hydrogen) atoms. The van der Waals surface area contributed by atoms with Gasteiger partial charge in [0.2, 0.25) is 5.91 Å². The lowest BCUT2D eigenvalue weighted by atomic mass is 9.95. The summed E-state index contributed by atoms with van der Waals surface area (Å²) in [7, 11) is 0. The van der Waals surface area contributed by atoms with Crippen LogP contribution in [0.2, 0.25) is 0 Å². The highest BCUT2D eigenvalue weighted by Crippen LogP contribution is 2.31. The first-order valence-corrected chi connectivity index (χ1v) is 9.86. The van der Waals surface area contributed by atoms with E-state index in [0.29, 0.717) is 24.5 Å². The number of aromatic nitrogens is 2. The number of piperidine rings is 1. The van der Waals surface area contributed by atoms with Crippen molar-refractivity contribution in [3.8, 4) is 0 Å². The molecule has 1 aromatic heterocycles. The molecule has 4 saturated heterocycles. The third-order valence-electron chi connectivity index (χ3n) is 6.19. The highest BCUT2D eigenvalue weighted by Gasteiger charge is 2.39. The van der Waals surface area contributed by atoms with Gasteiger partial charge in [0.15, 0.2) is 0 Å². The van der Waals surface area contributed by atoms with Crippen molar-refractivity contribution < 1.29 is 9.53 Å². The highest BCUT2D eigenvalue weighted by atomic mass is 16.5. The van der Waals surface area contributed by atoms with Gasteiger partial charge in [-0.15, -0.1) is 0 Å². The molecule has 0 aliphatic carbocycles. The van der Waals surface area contributed by atoms with Crippen molar-refractivity contribution in [2.24, 2.45) is 5.92 Å². The molecule has 0 unspecified atom stereocenters. The Hall–Kier alpha value is -1.40. The molecule has 2 bridgehead atoms. The summed E-state index contributed by atoms with van der Waals surface area (Å²) in [6, 6.07) is 1.02. The Labute approximate surface area is 150 Å². The molecule has 0 saturated carbocycles. The fourth-order valence-corrected chi connectivity index (χ4v) is 4.81. The molecule has 4 fully saturated rings. The summed E-state index contributed by atoms with van der Waals surface area (Å²) in [4.78, 5) is 22.2. The second kappa shape index (κ2) is 7.46. The van der Waals surface area contributed by atoms with E-state index in [1.54, 1.807) is 6.20 Å². The standard InChI is InChI=1S/C19H30N4O2/c1-2-18-20-7-8-21(18)14-19(24)23-12-15-3-4-17(23)13-22(11-15)16-5-9-25-10-6-16/h7-8,15-17H,2-6,9-14H2,1H3/t15-,17+/m0/s1. The van der Waals surface area contributed by atoms with Gasteiger partial charge in [-0.2, -0.15) is 0 Å². The van der Waals surface area contributed by atoms with E-state index >= 15 is 0 Å². The smallest absolute Gasteiger partial charge is 0.242 e. The van der Waals surface area contributed by atoms with E-state index in [9.17, 15) is 4.79 Å². The number of ether oxygens (including phenoxy) is 1. The minimum absolute atomic E-state index is 0.260. The second-order valence-corrected chi connectivity index (χ2v) is 7.77. The summed E-state index contributed by atoms with van der Waals surface area (Å²) in [5, 5.41) is 0. The van der Waals surface area contributed by atoms with Crippen molar-refractivity contribution in [1.29, 1.82) is 0 Å². The van der Waals surface area contributed by atoms with Gasteiger partial charge in [0.1, 0.15) is 12.4 Å². The zero-order valence-electron chi connectivity index (χ0n) is 15.3. The quantitative estimate of drug-likeness (QED) is 0.830. The average Bonchev–Trinajstić information content (AvgIpc) is 2.89. The minimum atomic E-state index is 0.260. The number of hydrogen-bond donors (Lipinski definition) is 0. The maximum absolute atomic E-state index is 13.0. The van der Waals surface area contributed by atoms with Crippen LogP contribution in [0.1, 0.15) is 38.4 Å². The molecule has 5 rings (SSSR count). The van der Waals surface area contributed by atoms with E-state index in [4.69, 9.17) is 4.74 Å². The summed E-state index contributed by atoms with van der Waals surface area (Å²) >= 11 is 0. The van der Waals surface area contributed by atoms with Crippen LogP contribution in [0.5, 0.6) is 0 Å². The van der Waals surface area contributed by atoms with Gasteiger partial charge < -0.3 is 14.2 Å². The number of nitrogens with zero attached hydrogens (tertiary/aromatic N) is 4. The number of amides is 1. The lowest BCUT2D eigenvalue weighted by molar-refractivity contribution is -0.136. The van der Waals surface area contributed by atoms with Crippen LogP contribution in [0.15, 0.2) is 12.4 Å². The van der Waals surface area contributed by atoms with Gasteiger partial charge in [-0.25, -0.2) is 4.98 Å². The van der Waals surface area contributed by atoms with Crippen molar-refractivity contribution in [1.82, 2.24) is 19.4 Å². The van der Waals surface area contributed by atoms with Crippen LogP contribution in [0, 0.1) is 5.92 Å². The molecular formula is C19H30N4O2. The van der Waals surface area contributed by atoms with Crippen LogP contribution < -0.4 is 0 Å². The van der Waals surface area contributed by atoms with Gasteiger partial charge in [0, 0.05) is 63.7 Å². The van der Waals surface area contributed by atoms with Crippen LogP contribution in [-0.4, -0.2) is 70.2 Å². The summed E-state index contributed by atoms with van der Waals surface area (Å²) in [6.45, 7) is 7.42. The van der Waals surface area contributed by atoms with E-state index in [2.05, 4.69) is 21.7 Å². The number of aryl methyl sites for hydroxylation is 1. The average molecular weight is 346 g/mol. The third kappa shape index (κ3) is 3.60. The first kappa shape index (κ1) is 17.0. The molecule has 2 atom stereocenters. The summed E-state index contributed by atoms with van der Waals surface area (Å²) in [6.07, 6.45) is 9.29. The van der Waals surface area contributed by atoms with E-state index in [0.717, 1.165) is 64.4 Å². The maximum atomic E-state index is 13.0. The number of fused-ring (bicyclic) bond motifs is 4. The molecule has 0 aromatic carbocycles. The minimum Gasteiger partial charge on any atom is -0.381 e. The number of carbonyl (C=O) groups excluding carboxylic acids is 1. The number of carbonyl (C=O) groups is 1. The first-order chi connectivity index (χ1) is 12.2. The topological polar surface area (TPSA) is 50.6 Å². The van der Waals surface area contributed by atoms with Crippen LogP contribution >= 0.6 is 0 Å². The van der Waals surface area contributed by atoms with Gasteiger partial charge in [0.25, 0.3) is 0 Å². The molecule has 0 N–H and O–H groups in total.